The third-order valence-electron chi connectivity index (χ3n) is 3.13. The maximum atomic E-state index is 8.83. The summed E-state index contributed by atoms with van der Waals surface area (Å²) in [6.45, 7) is 2.35. The molecule has 0 saturated heterocycles. The van der Waals surface area contributed by atoms with E-state index >= 15 is 0 Å². The molecule has 5 nitrogen and oxygen atoms in total. The van der Waals surface area contributed by atoms with Gasteiger partial charge in [0, 0.05) is 31.7 Å². The van der Waals surface area contributed by atoms with Gasteiger partial charge in [0.05, 0.1) is 0 Å². The molecule has 1 saturated carbocycles. The molecule has 1 aliphatic carbocycles. The van der Waals surface area contributed by atoms with Crippen molar-refractivity contribution in [2.24, 2.45) is 0 Å². The van der Waals surface area contributed by atoms with Gasteiger partial charge in [-0.2, -0.15) is 0 Å². The molecule has 1 aliphatic rings. The number of nitrogens with zero attached hydrogens (tertiary/aromatic N) is 2. The van der Waals surface area contributed by atoms with Crippen molar-refractivity contribution in [3.8, 4) is 0 Å². The molecule has 0 spiro atoms. The molecule has 1 atom stereocenters. The molecule has 5 heteroatoms. The van der Waals surface area contributed by atoms with E-state index in [-0.39, 0.29) is 6.61 Å². The van der Waals surface area contributed by atoms with Crippen LogP contribution >= 0.6 is 0 Å². The largest absolute Gasteiger partial charge is 0.396 e. The summed E-state index contributed by atoms with van der Waals surface area (Å²) in [5.74, 6) is 3.23. The van der Waals surface area contributed by atoms with Crippen LogP contribution in [0.1, 0.15) is 44.3 Å². The molecule has 0 bridgehead atoms. The Kier molecular flexibility index (Phi) is 4.36. The first kappa shape index (κ1) is 13.1. The van der Waals surface area contributed by atoms with Crippen LogP contribution in [0.4, 0.5) is 11.6 Å². The van der Waals surface area contributed by atoms with Crippen LogP contribution in [0.2, 0.25) is 0 Å². The maximum absolute atomic E-state index is 8.83. The fraction of sp³-hybridized carbons (Fsp3) is 0.692. The average Bonchev–Trinajstić information content (AvgIpc) is 3.20. The first-order valence-corrected chi connectivity index (χ1v) is 6.67. The van der Waals surface area contributed by atoms with Gasteiger partial charge in [-0.3, -0.25) is 0 Å². The molecule has 1 heterocycles. The topological polar surface area (TPSA) is 70.1 Å². The van der Waals surface area contributed by atoms with Crippen LogP contribution in [0, 0.1) is 0 Å². The maximum Gasteiger partial charge on any atom is 0.136 e. The zero-order chi connectivity index (χ0) is 13.0. The highest BCUT2D eigenvalue weighted by Gasteiger charge is 2.27. The Hall–Kier alpha value is -1.36. The Balaban J connectivity index is 2.04. The summed E-state index contributed by atoms with van der Waals surface area (Å²) in [5.41, 5.74) is 0. The first-order valence-electron chi connectivity index (χ1n) is 6.67. The number of nitrogens with one attached hydrogen (secondary N) is 2. The minimum atomic E-state index is 0.241. The van der Waals surface area contributed by atoms with Crippen molar-refractivity contribution < 1.29 is 5.11 Å². The van der Waals surface area contributed by atoms with E-state index in [2.05, 4.69) is 27.5 Å². The van der Waals surface area contributed by atoms with Crippen molar-refractivity contribution >= 4 is 11.6 Å². The molecule has 0 radical (unpaired) electrons. The van der Waals surface area contributed by atoms with Crippen LogP contribution in [-0.4, -0.2) is 34.8 Å². The second kappa shape index (κ2) is 6.00. The normalized spacial score (nSPS) is 16.4. The van der Waals surface area contributed by atoms with E-state index in [9.17, 15) is 0 Å². The number of aliphatic hydroxyl groups excluding tert-OH is 1. The summed E-state index contributed by atoms with van der Waals surface area (Å²) in [5, 5.41) is 15.3. The quantitative estimate of drug-likeness (QED) is 0.690. The summed E-state index contributed by atoms with van der Waals surface area (Å²) in [6, 6.07) is 2.24. The van der Waals surface area contributed by atoms with Gasteiger partial charge in [-0.1, -0.05) is 0 Å². The zero-order valence-corrected chi connectivity index (χ0v) is 11.1. The van der Waals surface area contributed by atoms with Gasteiger partial charge in [-0.05, 0) is 32.6 Å². The standard InChI is InChI=1S/C13H22N4O/c1-9(4-3-7-18)15-12-8-11(14-2)16-13(17-12)10-5-6-10/h8-10,18H,3-7H2,1-2H3,(H2,14,15,16,17). The number of hydrogen-bond donors (Lipinski definition) is 3. The Bertz CT molecular complexity index is 393. The van der Waals surface area contributed by atoms with E-state index < -0.39 is 0 Å². The van der Waals surface area contributed by atoms with Gasteiger partial charge in [0.15, 0.2) is 0 Å². The highest BCUT2D eigenvalue weighted by Crippen LogP contribution is 2.38. The van der Waals surface area contributed by atoms with Crippen LogP contribution in [0.25, 0.3) is 0 Å². The Labute approximate surface area is 108 Å². The number of aromatic nitrogens is 2. The molecular weight excluding hydrogens is 228 g/mol. The molecule has 1 aromatic heterocycles. The first-order chi connectivity index (χ1) is 8.72. The molecule has 0 aliphatic heterocycles. The van der Waals surface area contributed by atoms with Crippen molar-refractivity contribution in [3.05, 3.63) is 11.9 Å². The van der Waals surface area contributed by atoms with Gasteiger partial charge in [0.25, 0.3) is 0 Å². The van der Waals surface area contributed by atoms with Gasteiger partial charge in [0.1, 0.15) is 17.5 Å². The Morgan fingerprint density at radius 3 is 2.72 bits per heavy atom. The van der Waals surface area contributed by atoms with E-state index in [1.165, 1.54) is 12.8 Å². The second-order valence-electron chi connectivity index (χ2n) is 4.93. The van der Waals surface area contributed by atoms with Crippen molar-refractivity contribution in [2.45, 2.75) is 44.6 Å². The van der Waals surface area contributed by atoms with E-state index in [1.807, 2.05) is 13.1 Å². The molecule has 3 N–H and O–H groups in total. The molecule has 1 fully saturated rings. The van der Waals surface area contributed by atoms with Crippen molar-refractivity contribution in [2.75, 3.05) is 24.3 Å². The van der Waals surface area contributed by atoms with Gasteiger partial charge < -0.3 is 15.7 Å². The van der Waals surface area contributed by atoms with Crippen molar-refractivity contribution in [1.29, 1.82) is 0 Å². The Morgan fingerprint density at radius 1 is 1.39 bits per heavy atom. The third-order valence-corrected chi connectivity index (χ3v) is 3.13. The molecule has 100 valence electrons. The number of aliphatic hydroxyl groups is 1. The molecule has 1 unspecified atom stereocenters. The van der Waals surface area contributed by atoms with Crippen LogP contribution in [0.3, 0.4) is 0 Å². The van der Waals surface area contributed by atoms with E-state index in [4.69, 9.17) is 5.11 Å². The average molecular weight is 250 g/mol. The van der Waals surface area contributed by atoms with E-state index in [0.717, 1.165) is 30.3 Å². The minimum Gasteiger partial charge on any atom is -0.396 e. The van der Waals surface area contributed by atoms with E-state index in [0.29, 0.717) is 12.0 Å². The molecule has 18 heavy (non-hydrogen) atoms. The van der Waals surface area contributed by atoms with Gasteiger partial charge in [-0.25, -0.2) is 9.97 Å². The predicted molar refractivity (Wildman–Crippen MR) is 73.0 cm³/mol. The van der Waals surface area contributed by atoms with Crippen LogP contribution in [-0.2, 0) is 0 Å². The molecule has 2 rings (SSSR count). The summed E-state index contributed by atoms with van der Waals surface area (Å²) in [6.07, 6.45) is 4.15. The molecular formula is C13H22N4O. The fourth-order valence-electron chi connectivity index (χ4n) is 1.91. The third kappa shape index (κ3) is 3.57. The minimum absolute atomic E-state index is 0.241. The van der Waals surface area contributed by atoms with Gasteiger partial charge in [-0.15, -0.1) is 0 Å². The molecule has 0 amide bonds. The number of rotatable bonds is 7. The monoisotopic (exact) mass is 250 g/mol. The fourth-order valence-corrected chi connectivity index (χ4v) is 1.91. The van der Waals surface area contributed by atoms with Crippen molar-refractivity contribution in [1.82, 2.24) is 9.97 Å². The highest BCUT2D eigenvalue weighted by atomic mass is 16.2. The Morgan fingerprint density at radius 2 is 2.11 bits per heavy atom. The lowest BCUT2D eigenvalue weighted by Crippen LogP contribution is -2.17. The molecule has 1 aromatic rings. The second-order valence-corrected chi connectivity index (χ2v) is 4.93. The number of hydrogen-bond acceptors (Lipinski definition) is 5. The summed E-state index contributed by atoms with van der Waals surface area (Å²) < 4.78 is 0. The lowest BCUT2D eigenvalue weighted by Gasteiger charge is -2.15. The van der Waals surface area contributed by atoms with Crippen LogP contribution in [0.15, 0.2) is 6.07 Å². The summed E-state index contributed by atoms with van der Waals surface area (Å²) in [7, 11) is 1.87. The smallest absolute Gasteiger partial charge is 0.136 e. The van der Waals surface area contributed by atoms with Crippen molar-refractivity contribution in [3.63, 3.8) is 0 Å². The van der Waals surface area contributed by atoms with Gasteiger partial charge in [0.2, 0.25) is 0 Å². The molecule has 0 aromatic carbocycles. The lowest BCUT2D eigenvalue weighted by atomic mass is 10.2. The lowest BCUT2D eigenvalue weighted by molar-refractivity contribution is 0.282. The zero-order valence-electron chi connectivity index (χ0n) is 11.1. The SMILES string of the molecule is CNc1cc(NC(C)CCCO)nc(C2CC2)n1. The van der Waals surface area contributed by atoms with E-state index in [1.54, 1.807) is 0 Å². The van der Waals surface area contributed by atoms with Gasteiger partial charge >= 0.3 is 0 Å². The summed E-state index contributed by atoms with van der Waals surface area (Å²) in [4.78, 5) is 9.05. The predicted octanol–water partition coefficient (Wildman–Crippen LogP) is 1.97. The highest BCUT2D eigenvalue weighted by molar-refractivity contribution is 5.48. The van der Waals surface area contributed by atoms with Crippen LogP contribution < -0.4 is 10.6 Å². The summed E-state index contributed by atoms with van der Waals surface area (Å²) >= 11 is 0. The number of anilines is 2. The van der Waals surface area contributed by atoms with Crippen LogP contribution in [0.5, 0.6) is 0 Å².